The van der Waals surface area contributed by atoms with Gasteiger partial charge in [0, 0.05) is 19.8 Å². The molecule has 0 bridgehead atoms. The molecule has 1 unspecified atom stereocenters. The van der Waals surface area contributed by atoms with E-state index in [1.54, 1.807) is 6.07 Å². The number of rotatable bonds is 4. The van der Waals surface area contributed by atoms with E-state index in [0.717, 1.165) is 5.56 Å². The third-order valence-corrected chi connectivity index (χ3v) is 4.95. The van der Waals surface area contributed by atoms with Crippen LogP contribution in [-0.4, -0.2) is 25.7 Å². The Hall–Kier alpha value is -0.520. The van der Waals surface area contributed by atoms with E-state index in [1.807, 2.05) is 19.1 Å². The van der Waals surface area contributed by atoms with Crippen molar-refractivity contribution in [3.05, 3.63) is 33.8 Å². The fraction of sp³-hybridized carbons (Fsp3) is 0.533. The summed E-state index contributed by atoms with van der Waals surface area (Å²) in [5, 5.41) is 3.96. The van der Waals surface area contributed by atoms with Crippen molar-refractivity contribution in [2.45, 2.75) is 25.8 Å². The Morgan fingerprint density at radius 3 is 2.64 bits per heavy atom. The van der Waals surface area contributed by atoms with Crippen LogP contribution in [-0.2, 0) is 9.53 Å². The summed E-state index contributed by atoms with van der Waals surface area (Å²) < 4.78 is 5.33. The van der Waals surface area contributed by atoms with Crippen molar-refractivity contribution >= 4 is 41.5 Å². The van der Waals surface area contributed by atoms with Gasteiger partial charge in [-0.25, -0.2) is 0 Å². The van der Waals surface area contributed by atoms with Gasteiger partial charge < -0.3 is 15.8 Å². The number of amides is 1. The summed E-state index contributed by atoms with van der Waals surface area (Å²) in [6, 6.07) is 5.18. The lowest BCUT2D eigenvalue weighted by Crippen LogP contribution is -2.49. The zero-order valence-electron chi connectivity index (χ0n) is 12.4. The van der Waals surface area contributed by atoms with Crippen LogP contribution in [0.1, 0.15) is 31.4 Å². The lowest BCUT2D eigenvalue weighted by molar-refractivity contribution is -0.136. The number of nitrogens with one attached hydrogen (secondary N) is 1. The largest absolute Gasteiger partial charge is 0.381 e. The number of nitrogens with two attached hydrogens (primary N) is 1. The molecule has 1 amide bonds. The molecule has 1 fully saturated rings. The van der Waals surface area contributed by atoms with E-state index in [2.05, 4.69) is 5.32 Å². The molecular formula is C15H21Cl3N2O2. The van der Waals surface area contributed by atoms with Crippen LogP contribution >= 0.6 is 35.6 Å². The van der Waals surface area contributed by atoms with Crippen molar-refractivity contribution in [1.29, 1.82) is 0 Å². The van der Waals surface area contributed by atoms with E-state index in [0.29, 0.717) is 42.6 Å². The number of hydrogen-bond acceptors (Lipinski definition) is 3. The first kappa shape index (κ1) is 19.5. The topological polar surface area (TPSA) is 64.4 Å². The third kappa shape index (κ3) is 4.06. The van der Waals surface area contributed by atoms with Gasteiger partial charge in [-0.15, -0.1) is 12.4 Å². The quantitative estimate of drug-likeness (QED) is 0.857. The highest BCUT2D eigenvalue weighted by molar-refractivity contribution is 6.42. The molecule has 124 valence electrons. The van der Waals surface area contributed by atoms with Crippen LogP contribution in [0.15, 0.2) is 18.2 Å². The van der Waals surface area contributed by atoms with E-state index in [-0.39, 0.29) is 24.4 Å². The molecular weight excluding hydrogens is 347 g/mol. The van der Waals surface area contributed by atoms with Gasteiger partial charge in [0.2, 0.25) is 5.91 Å². The molecule has 22 heavy (non-hydrogen) atoms. The van der Waals surface area contributed by atoms with Crippen LogP contribution in [0.4, 0.5) is 0 Å². The molecule has 0 radical (unpaired) electrons. The maximum absolute atomic E-state index is 12.6. The van der Waals surface area contributed by atoms with Gasteiger partial charge >= 0.3 is 0 Å². The molecule has 0 aliphatic carbocycles. The second-order valence-corrected chi connectivity index (χ2v) is 6.22. The predicted molar refractivity (Wildman–Crippen MR) is 91.8 cm³/mol. The minimum Gasteiger partial charge on any atom is -0.381 e. The van der Waals surface area contributed by atoms with E-state index < -0.39 is 5.41 Å². The Balaban J connectivity index is 0.00000242. The van der Waals surface area contributed by atoms with E-state index in [9.17, 15) is 4.79 Å². The summed E-state index contributed by atoms with van der Waals surface area (Å²) in [6.07, 6.45) is 1.29. The molecule has 7 heteroatoms. The monoisotopic (exact) mass is 366 g/mol. The number of carbonyl (C=O) groups excluding carboxylic acids is 1. The molecule has 3 N–H and O–H groups in total. The summed E-state index contributed by atoms with van der Waals surface area (Å²) in [4.78, 5) is 12.6. The number of carbonyl (C=O) groups is 1. The highest BCUT2D eigenvalue weighted by Crippen LogP contribution is 2.33. The van der Waals surface area contributed by atoms with Gasteiger partial charge in [-0.1, -0.05) is 35.3 Å². The van der Waals surface area contributed by atoms with Gasteiger partial charge in [0.05, 0.1) is 21.5 Å². The van der Waals surface area contributed by atoms with Crippen LogP contribution in [0.3, 0.4) is 0 Å². The van der Waals surface area contributed by atoms with Gasteiger partial charge in [-0.2, -0.15) is 0 Å². The smallest absolute Gasteiger partial charge is 0.228 e. The lowest BCUT2D eigenvalue weighted by Gasteiger charge is -2.35. The highest BCUT2D eigenvalue weighted by Gasteiger charge is 2.39. The van der Waals surface area contributed by atoms with Crippen molar-refractivity contribution in [3.63, 3.8) is 0 Å². The number of hydrogen-bond donors (Lipinski definition) is 2. The fourth-order valence-electron chi connectivity index (χ4n) is 2.57. The summed E-state index contributed by atoms with van der Waals surface area (Å²) in [6.45, 7) is 3.34. The molecule has 0 spiro atoms. The zero-order chi connectivity index (χ0) is 15.5. The SMILES string of the molecule is CC(NC(=O)C1(CN)CCOCC1)c1cccc(Cl)c1Cl.Cl. The van der Waals surface area contributed by atoms with Crippen LogP contribution in [0, 0.1) is 5.41 Å². The first-order chi connectivity index (χ1) is 10.00. The molecule has 1 atom stereocenters. The first-order valence-electron chi connectivity index (χ1n) is 7.03. The Kier molecular flexibility index (Phi) is 7.42. The highest BCUT2D eigenvalue weighted by atomic mass is 35.5. The van der Waals surface area contributed by atoms with Gasteiger partial charge in [0.1, 0.15) is 0 Å². The normalized spacial score (nSPS) is 18.2. The second-order valence-electron chi connectivity index (χ2n) is 5.44. The van der Waals surface area contributed by atoms with E-state index >= 15 is 0 Å². The number of benzene rings is 1. The Morgan fingerprint density at radius 1 is 1.41 bits per heavy atom. The second kappa shape index (κ2) is 8.37. The minimum absolute atomic E-state index is 0. The van der Waals surface area contributed by atoms with Crippen LogP contribution in [0.2, 0.25) is 10.0 Å². The third-order valence-electron chi connectivity index (χ3n) is 4.12. The van der Waals surface area contributed by atoms with Crippen molar-refractivity contribution < 1.29 is 9.53 Å². The maximum Gasteiger partial charge on any atom is 0.228 e. The molecule has 1 aromatic rings. The Bertz CT molecular complexity index is 520. The molecule has 1 aliphatic heterocycles. The first-order valence-corrected chi connectivity index (χ1v) is 7.78. The Labute approximate surface area is 147 Å². The maximum atomic E-state index is 12.6. The van der Waals surface area contributed by atoms with Crippen molar-refractivity contribution in [2.75, 3.05) is 19.8 Å². The van der Waals surface area contributed by atoms with Gasteiger partial charge in [-0.3, -0.25) is 4.79 Å². The summed E-state index contributed by atoms with van der Waals surface area (Å²) in [5.74, 6) is -0.0446. The molecule has 4 nitrogen and oxygen atoms in total. The lowest BCUT2D eigenvalue weighted by atomic mass is 9.79. The molecule has 0 saturated carbocycles. The summed E-state index contributed by atoms with van der Waals surface area (Å²) in [5.41, 5.74) is 6.10. The predicted octanol–water partition coefficient (Wildman–Crippen LogP) is 3.35. The van der Waals surface area contributed by atoms with Crippen molar-refractivity contribution in [2.24, 2.45) is 11.1 Å². The van der Waals surface area contributed by atoms with E-state index in [4.69, 9.17) is 33.7 Å². The Morgan fingerprint density at radius 2 is 2.05 bits per heavy atom. The summed E-state index contributed by atoms with van der Waals surface area (Å²) >= 11 is 12.2. The van der Waals surface area contributed by atoms with Gasteiger partial charge in [-0.05, 0) is 31.4 Å². The zero-order valence-corrected chi connectivity index (χ0v) is 14.7. The molecule has 2 rings (SSSR count). The number of halogens is 3. The van der Waals surface area contributed by atoms with Crippen molar-refractivity contribution in [3.8, 4) is 0 Å². The molecule has 1 heterocycles. The van der Waals surface area contributed by atoms with E-state index in [1.165, 1.54) is 0 Å². The fourth-order valence-corrected chi connectivity index (χ4v) is 3.04. The molecule has 0 aromatic heterocycles. The molecule has 1 aromatic carbocycles. The van der Waals surface area contributed by atoms with Crippen molar-refractivity contribution in [1.82, 2.24) is 5.32 Å². The molecule has 1 aliphatic rings. The minimum atomic E-state index is -0.544. The van der Waals surface area contributed by atoms with Crippen LogP contribution in [0.5, 0.6) is 0 Å². The molecule has 1 saturated heterocycles. The average Bonchev–Trinajstić information content (AvgIpc) is 2.50. The number of ether oxygens (including phenoxy) is 1. The standard InChI is InChI=1S/C15H20Cl2N2O2.ClH/c1-10(11-3-2-4-12(16)13(11)17)19-14(20)15(9-18)5-7-21-8-6-15;/h2-4,10H,5-9,18H2,1H3,(H,19,20);1H. The summed E-state index contributed by atoms with van der Waals surface area (Å²) in [7, 11) is 0. The average molecular weight is 368 g/mol. The van der Waals surface area contributed by atoms with Crippen LogP contribution < -0.4 is 11.1 Å². The van der Waals surface area contributed by atoms with Gasteiger partial charge in [0.15, 0.2) is 0 Å². The van der Waals surface area contributed by atoms with Crippen LogP contribution in [0.25, 0.3) is 0 Å². The van der Waals surface area contributed by atoms with Gasteiger partial charge in [0.25, 0.3) is 0 Å².